The average molecular weight is 124 g/mol. The summed E-state index contributed by atoms with van der Waals surface area (Å²) >= 11 is 0. The van der Waals surface area contributed by atoms with Crippen molar-refractivity contribution in [1.29, 1.82) is 0 Å². The van der Waals surface area contributed by atoms with Gasteiger partial charge in [0.2, 0.25) is 0 Å². The van der Waals surface area contributed by atoms with E-state index >= 15 is 0 Å². The van der Waals surface area contributed by atoms with Crippen LogP contribution in [0.15, 0.2) is 24.3 Å². The minimum absolute atomic E-state index is 0.696. The van der Waals surface area contributed by atoms with Crippen LogP contribution in [-0.4, -0.2) is 0 Å². The maximum atomic E-state index is 3.77. The minimum atomic E-state index is 0.696. The Hall–Kier alpha value is -0.520. The Balaban J connectivity index is 3.56. The first-order chi connectivity index (χ1) is 4.16. The molecule has 0 aromatic rings. The van der Waals surface area contributed by atoms with Crippen LogP contribution >= 0.6 is 0 Å². The SMILES string of the molecule is C=C(C)/C=C\C(C)CC. The number of hydrogen-bond acceptors (Lipinski definition) is 0. The molecule has 52 valence electrons. The molecular weight excluding hydrogens is 108 g/mol. The van der Waals surface area contributed by atoms with Crippen molar-refractivity contribution in [3.05, 3.63) is 24.3 Å². The van der Waals surface area contributed by atoms with Crippen LogP contribution in [0.3, 0.4) is 0 Å². The second-order valence-electron chi connectivity index (χ2n) is 2.59. The normalized spacial score (nSPS) is 14.1. The number of rotatable bonds is 3. The third-order valence-corrected chi connectivity index (χ3v) is 1.35. The van der Waals surface area contributed by atoms with Gasteiger partial charge in [0.1, 0.15) is 0 Å². The molecule has 0 aliphatic rings. The summed E-state index contributed by atoms with van der Waals surface area (Å²) in [4.78, 5) is 0. The zero-order valence-corrected chi connectivity index (χ0v) is 6.65. The van der Waals surface area contributed by atoms with E-state index in [9.17, 15) is 0 Å². The van der Waals surface area contributed by atoms with Crippen molar-refractivity contribution < 1.29 is 0 Å². The summed E-state index contributed by atoms with van der Waals surface area (Å²) in [6.45, 7) is 10.2. The molecule has 0 saturated carbocycles. The van der Waals surface area contributed by atoms with E-state index < -0.39 is 0 Å². The van der Waals surface area contributed by atoms with Crippen molar-refractivity contribution in [2.45, 2.75) is 27.2 Å². The molecule has 0 rings (SSSR count). The predicted octanol–water partition coefficient (Wildman–Crippen LogP) is 3.16. The highest BCUT2D eigenvalue weighted by Gasteiger charge is 1.88. The van der Waals surface area contributed by atoms with Crippen LogP contribution in [0.5, 0.6) is 0 Å². The summed E-state index contributed by atoms with van der Waals surface area (Å²) in [5, 5.41) is 0. The van der Waals surface area contributed by atoms with E-state index in [2.05, 4.69) is 32.6 Å². The molecule has 0 amide bonds. The van der Waals surface area contributed by atoms with Gasteiger partial charge in [0, 0.05) is 0 Å². The molecule has 1 unspecified atom stereocenters. The highest BCUT2D eigenvalue weighted by Crippen LogP contribution is 2.03. The van der Waals surface area contributed by atoms with Crippen LogP contribution in [0.4, 0.5) is 0 Å². The van der Waals surface area contributed by atoms with Crippen molar-refractivity contribution in [3.8, 4) is 0 Å². The third-order valence-electron chi connectivity index (χ3n) is 1.35. The second kappa shape index (κ2) is 4.37. The molecule has 9 heavy (non-hydrogen) atoms. The Bertz CT molecular complexity index is 109. The second-order valence-corrected chi connectivity index (χ2v) is 2.59. The Morgan fingerprint density at radius 1 is 1.67 bits per heavy atom. The Kier molecular flexibility index (Phi) is 4.12. The van der Waals surface area contributed by atoms with Gasteiger partial charge >= 0.3 is 0 Å². The van der Waals surface area contributed by atoms with Gasteiger partial charge in [-0.2, -0.15) is 0 Å². The van der Waals surface area contributed by atoms with Gasteiger partial charge < -0.3 is 0 Å². The predicted molar refractivity (Wildman–Crippen MR) is 43.4 cm³/mol. The molecule has 0 radical (unpaired) electrons. The summed E-state index contributed by atoms with van der Waals surface area (Å²) in [5.41, 5.74) is 1.13. The largest absolute Gasteiger partial charge is 0.0961 e. The lowest BCUT2D eigenvalue weighted by atomic mass is 10.1. The van der Waals surface area contributed by atoms with Crippen LogP contribution in [0, 0.1) is 5.92 Å². The van der Waals surface area contributed by atoms with Gasteiger partial charge in [-0.05, 0) is 12.8 Å². The molecule has 0 fully saturated rings. The molecule has 0 N–H and O–H groups in total. The highest BCUT2D eigenvalue weighted by molar-refractivity contribution is 5.11. The first-order valence-electron chi connectivity index (χ1n) is 3.50. The van der Waals surface area contributed by atoms with Crippen molar-refractivity contribution in [2.75, 3.05) is 0 Å². The van der Waals surface area contributed by atoms with Crippen molar-refractivity contribution in [3.63, 3.8) is 0 Å². The standard InChI is InChI=1S/C9H16/c1-5-9(4)7-6-8(2)3/h6-7,9H,2,5H2,1,3-4H3/b7-6-. The van der Waals surface area contributed by atoms with Crippen LogP contribution in [0.25, 0.3) is 0 Å². The molecule has 0 aliphatic heterocycles. The molecule has 0 spiro atoms. The fraction of sp³-hybridized carbons (Fsp3) is 0.556. The molecule has 0 aromatic carbocycles. The Morgan fingerprint density at radius 2 is 2.22 bits per heavy atom. The van der Waals surface area contributed by atoms with Gasteiger partial charge in [0.15, 0.2) is 0 Å². The van der Waals surface area contributed by atoms with E-state index in [-0.39, 0.29) is 0 Å². The van der Waals surface area contributed by atoms with E-state index in [1.54, 1.807) is 0 Å². The zero-order chi connectivity index (χ0) is 7.28. The van der Waals surface area contributed by atoms with Crippen LogP contribution < -0.4 is 0 Å². The van der Waals surface area contributed by atoms with Gasteiger partial charge in [0.05, 0.1) is 0 Å². The van der Waals surface area contributed by atoms with E-state index in [0.717, 1.165) is 5.57 Å². The lowest BCUT2D eigenvalue weighted by molar-refractivity contribution is 0.698. The van der Waals surface area contributed by atoms with Gasteiger partial charge in [-0.15, -0.1) is 0 Å². The van der Waals surface area contributed by atoms with Gasteiger partial charge in [-0.1, -0.05) is 44.6 Å². The summed E-state index contributed by atoms with van der Waals surface area (Å²) < 4.78 is 0. The first-order valence-corrected chi connectivity index (χ1v) is 3.50. The minimum Gasteiger partial charge on any atom is -0.0961 e. The Labute approximate surface area is 58.3 Å². The maximum Gasteiger partial charge on any atom is -0.0261 e. The summed E-state index contributed by atoms with van der Waals surface area (Å²) in [6, 6.07) is 0. The topological polar surface area (TPSA) is 0 Å². The summed E-state index contributed by atoms with van der Waals surface area (Å²) in [7, 11) is 0. The van der Waals surface area contributed by atoms with Gasteiger partial charge in [-0.3, -0.25) is 0 Å². The maximum absolute atomic E-state index is 3.77. The van der Waals surface area contributed by atoms with E-state index in [1.165, 1.54) is 6.42 Å². The van der Waals surface area contributed by atoms with E-state index in [1.807, 2.05) is 6.92 Å². The smallest absolute Gasteiger partial charge is 0.0261 e. The molecule has 0 bridgehead atoms. The lowest BCUT2D eigenvalue weighted by Crippen LogP contribution is -1.83. The van der Waals surface area contributed by atoms with Crippen LogP contribution in [0.2, 0.25) is 0 Å². The number of allylic oxidation sites excluding steroid dienone is 3. The Morgan fingerprint density at radius 3 is 2.56 bits per heavy atom. The van der Waals surface area contributed by atoms with Gasteiger partial charge in [-0.25, -0.2) is 0 Å². The van der Waals surface area contributed by atoms with Crippen LogP contribution in [0.1, 0.15) is 27.2 Å². The fourth-order valence-corrected chi connectivity index (χ4v) is 0.465. The molecule has 0 heterocycles. The van der Waals surface area contributed by atoms with E-state index in [0.29, 0.717) is 5.92 Å². The lowest BCUT2D eigenvalue weighted by Gasteiger charge is -1.97. The van der Waals surface area contributed by atoms with Crippen molar-refractivity contribution in [1.82, 2.24) is 0 Å². The first kappa shape index (κ1) is 8.48. The fourth-order valence-electron chi connectivity index (χ4n) is 0.465. The molecule has 1 atom stereocenters. The van der Waals surface area contributed by atoms with Crippen molar-refractivity contribution >= 4 is 0 Å². The zero-order valence-electron chi connectivity index (χ0n) is 6.65. The number of hydrogen-bond donors (Lipinski definition) is 0. The molecular formula is C9H16. The molecule has 0 aromatic heterocycles. The summed E-state index contributed by atoms with van der Waals surface area (Å²) in [6.07, 6.45) is 5.49. The third kappa shape index (κ3) is 5.35. The monoisotopic (exact) mass is 124 g/mol. The average Bonchev–Trinajstić information content (AvgIpc) is 1.83. The molecule has 0 nitrogen and oxygen atoms in total. The van der Waals surface area contributed by atoms with E-state index in [4.69, 9.17) is 0 Å². The quantitative estimate of drug-likeness (QED) is 0.507. The molecule has 0 saturated heterocycles. The van der Waals surface area contributed by atoms with Crippen LogP contribution in [-0.2, 0) is 0 Å². The molecule has 0 aliphatic carbocycles. The highest BCUT2D eigenvalue weighted by atomic mass is 13.9. The summed E-state index contributed by atoms with van der Waals surface area (Å²) in [5.74, 6) is 0.696. The van der Waals surface area contributed by atoms with Crippen molar-refractivity contribution in [2.24, 2.45) is 5.92 Å². The van der Waals surface area contributed by atoms with Gasteiger partial charge in [0.25, 0.3) is 0 Å². The molecule has 0 heteroatoms.